The maximum atomic E-state index is 12.6. The van der Waals surface area contributed by atoms with Crippen LogP contribution in [0.2, 0.25) is 0 Å². The van der Waals surface area contributed by atoms with Gasteiger partial charge in [-0.1, -0.05) is 17.3 Å². The summed E-state index contributed by atoms with van der Waals surface area (Å²) < 4.78 is 11.6. The molecular formula is C20H21N5O4. The molecule has 2 heterocycles. The number of amides is 1. The third kappa shape index (κ3) is 3.89. The van der Waals surface area contributed by atoms with E-state index in [9.17, 15) is 9.59 Å². The Hall–Kier alpha value is -3.49. The number of rotatable bonds is 5. The Bertz CT molecular complexity index is 1080. The summed E-state index contributed by atoms with van der Waals surface area (Å²) in [6.45, 7) is 3.10. The number of benzene rings is 1. The molecule has 0 aliphatic heterocycles. The first-order chi connectivity index (χ1) is 13.9. The normalized spacial score (nSPS) is 15.2. The van der Waals surface area contributed by atoms with Crippen LogP contribution in [0.15, 0.2) is 28.9 Å². The molecule has 150 valence electrons. The summed E-state index contributed by atoms with van der Waals surface area (Å²) in [5, 5.41) is 11.3. The zero-order chi connectivity index (χ0) is 20.5. The van der Waals surface area contributed by atoms with E-state index in [1.54, 1.807) is 17.9 Å². The predicted molar refractivity (Wildman–Crippen MR) is 102 cm³/mol. The zero-order valence-electron chi connectivity index (χ0n) is 16.4. The lowest BCUT2D eigenvalue weighted by Crippen LogP contribution is -2.27. The second-order valence-corrected chi connectivity index (χ2v) is 7.07. The number of aromatic nitrogens is 4. The molecule has 1 aliphatic carbocycles. The van der Waals surface area contributed by atoms with E-state index in [0.717, 1.165) is 29.5 Å². The third-order valence-electron chi connectivity index (χ3n) is 4.91. The molecule has 2 aromatic heterocycles. The fourth-order valence-electron chi connectivity index (χ4n) is 3.56. The number of hydrogen-bond acceptors (Lipinski definition) is 7. The molecule has 0 saturated heterocycles. The first-order valence-electron chi connectivity index (χ1n) is 9.31. The Balaban J connectivity index is 1.48. The molecule has 3 aromatic rings. The number of fused-ring (bicyclic) bond motifs is 1. The average molecular weight is 395 g/mol. The van der Waals surface area contributed by atoms with Gasteiger partial charge in [0.15, 0.2) is 6.61 Å². The molecule has 1 aromatic carbocycles. The van der Waals surface area contributed by atoms with Crippen LogP contribution in [0.3, 0.4) is 0 Å². The molecule has 9 heteroatoms. The second kappa shape index (κ2) is 7.50. The summed E-state index contributed by atoms with van der Waals surface area (Å²) >= 11 is 0. The highest BCUT2D eigenvalue weighted by Gasteiger charge is 2.26. The lowest BCUT2D eigenvalue weighted by Gasteiger charge is -2.14. The van der Waals surface area contributed by atoms with Crippen molar-refractivity contribution in [2.75, 3.05) is 0 Å². The Labute approximate surface area is 167 Å². The van der Waals surface area contributed by atoms with Gasteiger partial charge in [-0.25, -0.2) is 0 Å². The minimum absolute atomic E-state index is 0.0454. The van der Waals surface area contributed by atoms with Crippen LogP contribution in [0.4, 0.5) is 0 Å². The minimum Gasteiger partial charge on any atom is -0.456 e. The number of ether oxygens (including phenoxy) is 1. The fourth-order valence-corrected chi connectivity index (χ4v) is 3.56. The van der Waals surface area contributed by atoms with Crippen molar-refractivity contribution in [2.45, 2.75) is 39.3 Å². The van der Waals surface area contributed by atoms with Crippen molar-refractivity contribution >= 4 is 11.9 Å². The van der Waals surface area contributed by atoms with Gasteiger partial charge in [-0.15, -0.1) is 0 Å². The Morgan fingerprint density at radius 1 is 1.38 bits per heavy atom. The van der Waals surface area contributed by atoms with Crippen molar-refractivity contribution in [3.05, 3.63) is 52.7 Å². The van der Waals surface area contributed by atoms with Crippen LogP contribution >= 0.6 is 0 Å². The maximum Gasteiger partial charge on any atom is 0.303 e. The average Bonchev–Trinajstić information content (AvgIpc) is 3.38. The Morgan fingerprint density at radius 3 is 2.93 bits per heavy atom. The SMILES string of the molecule is CC(=O)OCc1nc(-c2ccc3c(c2)CCC3NC(=O)c2cn(C)nc2C)no1. The molecule has 1 amide bonds. The van der Waals surface area contributed by atoms with Crippen LogP contribution in [0.25, 0.3) is 11.4 Å². The summed E-state index contributed by atoms with van der Waals surface area (Å²) in [6.07, 6.45) is 3.40. The third-order valence-corrected chi connectivity index (χ3v) is 4.91. The summed E-state index contributed by atoms with van der Waals surface area (Å²) in [5.74, 6) is 0.156. The van der Waals surface area contributed by atoms with Crippen LogP contribution in [0.1, 0.15) is 52.5 Å². The van der Waals surface area contributed by atoms with Crippen molar-refractivity contribution in [2.24, 2.45) is 7.05 Å². The van der Waals surface area contributed by atoms with E-state index in [0.29, 0.717) is 17.1 Å². The molecule has 0 fully saturated rings. The lowest BCUT2D eigenvalue weighted by atomic mass is 10.0. The molecule has 1 aliphatic rings. The largest absolute Gasteiger partial charge is 0.456 e. The van der Waals surface area contributed by atoms with Crippen LogP contribution in [-0.2, 0) is 29.6 Å². The van der Waals surface area contributed by atoms with E-state index in [4.69, 9.17) is 9.26 Å². The monoisotopic (exact) mass is 395 g/mol. The summed E-state index contributed by atoms with van der Waals surface area (Å²) in [5.41, 5.74) is 4.34. The summed E-state index contributed by atoms with van der Waals surface area (Å²) in [4.78, 5) is 27.8. The molecule has 1 N–H and O–H groups in total. The van der Waals surface area contributed by atoms with Gasteiger partial charge >= 0.3 is 5.97 Å². The highest BCUT2D eigenvalue weighted by Crippen LogP contribution is 2.34. The van der Waals surface area contributed by atoms with Crippen LogP contribution in [-0.4, -0.2) is 31.8 Å². The quantitative estimate of drug-likeness (QED) is 0.659. The van der Waals surface area contributed by atoms with E-state index < -0.39 is 5.97 Å². The number of carbonyl (C=O) groups excluding carboxylic acids is 2. The molecule has 0 radical (unpaired) electrons. The molecule has 0 spiro atoms. The molecule has 0 saturated carbocycles. The van der Waals surface area contributed by atoms with E-state index in [1.165, 1.54) is 6.92 Å². The van der Waals surface area contributed by atoms with Crippen LogP contribution in [0, 0.1) is 6.92 Å². The number of nitrogens with zero attached hydrogens (tertiary/aromatic N) is 4. The maximum absolute atomic E-state index is 12.6. The fraction of sp³-hybridized carbons (Fsp3) is 0.350. The van der Waals surface area contributed by atoms with Crippen molar-refractivity contribution in [1.29, 1.82) is 0 Å². The number of hydrogen-bond donors (Lipinski definition) is 1. The van der Waals surface area contributed by atoms with Gasteiger partial charge in [-0.05, 0) is 37.0 Å². The highest BCUT2D eigenvalue weighted by atomic mass is 16.6. The van der Waals surface area contributed by atoms with Gasteiger partial charge in [0, 0.05) is 25.7 Å². The van der Waals surface area contributed by atoms with Gasteiger partial charge in [0.1, 0.15) is 0 Å². The van der Waals surface area contributed by atoms with Gasteiger partial charge < -0.3 is 14.6 Å². The van der Waals surface area contributed by atoms with E-state index >= 15 is 0 Å². The van der Waals surface area contributed by atoms with E-state index in [1.807, 2.05) is 25.1 Å². The van der Waals surface area contributed by atoms with Gasteiger partial charge in [-0.3, -0.25) is 14.3 Å². The van der Waals surface area contributed by atoms with Gasteiger partial charge in [0.05, 0.1) is 17.3 Å². The van der Waals surface area contributed by atoms with Crippen molar-refractivity contribution < 1.29 is 18.8 Å². The van der Waals surface area contributed by atoms with Crippen LogP contribution < -0.4 is 5.32 Å². The highest BCUT2D eigenvalue weighted by molar-refractivity contribution is 5.95. The molecule has 9 nitrogen and oxygen atoms in total. The lowest BCUT2D eigenvalue weighted by molar-refractivity contribution is -0.143. The van der Waals surface area contributed by atoms with E-state index in [-0.39, 0.29) is 24.4 Å². The number of aryl methyl sites for hydroxylation is 3. The minimum atomic E-state index is -0.406. The van der Waals surface area contributed by atoms with Crippen LogP contribution in [0.5, 0.6) is 0 Å². The number of esters is 1. The first-order valence-corrected chi connectivity index (χ1v) is 9.31. The van der Waals surface area contributed by atoms with Crippen molar-refractivity contribution in [1.82, 2.24) is 25.2 Å². The van der Waals surface area contributed by atoms with Gasteiger partial charge in [0.2, 0.25) is 5.82 Å². The smallest absolute Gasteiger partial charge is 0.303 e. The van der Waals surface area contributed by atoms with Crippen molar-refractivity contribution in [3.63, 3.8) is 0 Å². The summed E-state index contributed by atoms with van der Waals surface area (Å²) in [6, 6.07) is 5.85. The second-order valence-electron chi connectivity index (χ2n) is 7.07. The number of carbonyl (C=O) groups is 2. The molecule has 1 atom stereocenters. The zero-order valence-corrected chi connectivity index (χ0v) is 16.4. The molecular weight excluding hydrogens is 374 g/mol. The molecule has 29 heavy (non-hydrogen) atoms. The standard InChI is InChI=1S/C20H21N5O4/c1-11-16(9-25(3)23-11)20(27)21-17-7-5-13-8-14(4-6-15(13)17)19-22-18(29-24-19)10-28-12(2)26/h4,6,8-9,17H,5,7,10H2,1-3H3,(H,21,27). The Kier molecular flexibility index (Phi) is 4.87. The van der Waals surface area contributed by atoms with Crippen molar-refractivity contribution in [3.8, 4) is 11.4 Å². The Morgan fingerprint density at radius 2 is 2.21 bits per heavy atom. The van der Waals surface area contributed by atoms with Gasteiger partial charge in [-0.2, -0.15) is 10.1 Å². The number of nitrogens with one attached hydrogen (secondary N) is 1. The molecule has 1 unspecified atom stereocenters. The summed E-state index contributed by atoms with van der Waals surface area (Å²) in [7, 11) is 1.80. The van der Waals surface area contributed by atoms with E-state index in [2.05, 4.69) is 20.6 Å². The van der Waals surface area contributed by atoms with Gasteiger partial charge in [0.25, 0.3) is 11.8 Å². The predicted octanol–water partition coefficient (Wildman–Crippen LogP) is 2.26. The molecule has 4 rings (SSSR count). The first kappa shape index (κ1) is 18.9. The topological polar surface area (TPSA) is 112 Å². The molecule has 0 bridgehead atoms.